The quantitative estimate of drug-likeness (QED) is 0.618. The van der Waals surface area contributed by atoms with Crippen LogP contribution in [0.25, 0.3) is 6.08 Å². The van der Waals surface area contributed by atoms with E-state index in [-0.39, 0.29) is 11.5 Å². The maximum Gasteiger partial charge on any atom is 0.356 e. The number of carbonyl (C=O) groups excluding carboxylic acids is 2. The maximum absolute atomic E-state index is 11.7. The number of ether oxygens (including phenoxy) is 2. The summed E-state index contributed by atoms with van der Waals surface area (Å²) >= 11 is 0. The highest BCUT2D eigenvalue weighted by Crippen LogP contribution is 2.12. The van der Waals surface area contributed by atoms with E-state index < -0.39 is 17.5 Å². The third-order valence-corrected chi connectivity index (χ3v) is 2.36. The van der Waals surface area contributed by atoms with Gasteiger partial charge in [-0.05, 0) is 26.8 Å². The van der Waals surface area contributed by atoms with Crippen molar-refractivity contribution in [2.75, 3.05) is 26.1 Å². The summed E-state index contributed by atoms with van der Waals surface area (Å²) in [6, 6.07) is 1.51. The maximum atomic E-state index is 11.7. The van der Waals surface area contributed by atoms with Crippen molar-refractivity contribution in [2.45, 2.75) is 26.4 Å². The highest BCUT2D eigenvalue weighted by atomic mass is 16.6. The first-order valence-electron chi connectivity index (χ1n) is 6.68. The molecule has 1 heterocycles. The van der Waals surface area contributed by atoms with Gasteiger partial charge in [0.2, 0.25) is 0 Å². The van der Waals surface area contributed by atoms with Crippen LogP contribution in [0, 0.1) is 0 Å². The zero-order valence-corrected chi connectivity index (χ0v) is 13.7. The lowest BCUT2D eigenvalue weighted by molar-refractivity contribution is -0.148. The number of hydrogen-bond acceptors (Lipinski definition) is 7. The monoisotopic (exact) mass is 307 g/mol. The van der Waals surface area contributed by atoms with E-state index in [0.717, 1.165) is 0 Å². The molecule has 0 amide bonds. The first kappa shape index (κ1) is 17.6. The third-order valence-electron chi connectivity index (χ3n) is 2.36. The molecule has 7 nitrogen and oxygen atoms in total. The molecule has 0 aliphatic heterocycles. The van der Waals surface area contributed by atoms with Crippen molar-refractivity contribution in [1.82, 2.24) is 9.97 Å². The molecule has 0 unspecified atom stereocenters. The van der Waals surface area contributed by atoms with E-state index in [0.29, 0.717) is 5.82 Å². The normalized spacial score (nSPS) is 11.4. The molecule has 0 atom stereocenters. The van der Waals surface area contributed by atoms with Crippen LogP contribution in [0.3, 0.4) is 0 Å². The van der Waals surface area contributed by atoms with Crippen LogP contribution in [0.5, 0.6) is 0 Å². The summed E-state index contributed by atoms with van der Waals surface area (Å²) in [7, 11) is 4.84. The Kier molecular flexibility index (Phi) is 5.62. The molecule has 0 fully saturated rings. The van der Waals surface area contributed by atoms with Gasteiger partial charge in [-0.1, -0.05) is 0 Å². The minimum absolute atomic E-state index is 0.116. The van der Waals surface area contributed by atoms with Crippen LogP contribution in [0.2, 0.25) is 0 Å². The molecular weight excluding hydrogens is 286 g/mol. The average molecular weight is 307 g/mol. The Morgan fingerprint density at radius 1 is 1.23 bits per heavy atom. The minimum atomic E-state index is -0.578. The molecule has 1 aromatic heterocycles. The predicted octanol–water partition coefficient (Wildman–Crippen LogP) is 1.68. The summed E-state index contributed by atoms with van der Waals surface area (Å²) in [5.74, 6) is -0.333. The topological polar surface area (TPSA) is 81.6 Å². The number of hydrogen-bond donors (Lipinski definition) is 0. The molecule has 0 aliphatic rings. The van der Waals surface area contributed by atoms with Crippen LogP contribution in [-0.2, 0) is 14.3 Å². The molecule has 0 saturated carbocycles. The molecule has 0 radical (unpaired) electrons. The van der Waals surface area contributed by atoms with E-state index in [2.05, 4.69) is 14.7 Å². The van der Waals surface area contributed by atoms with Gasteiger partial charge in [0, 0.05) is 26.2 Å². The molecule has 0 aromatic carbocycles. The smallest absolute Gasteiger partial charge is 0.356 e. The van der Waals surface area contributed by atoms with Gasteiger partial charge in [0.05, 0.1) is 7.11 Å². The van der Waals surface area contributed by atoms with Crippen molar-refractivity contribution in [2.24, 2.45) is 0 Å². The van der Waals surface area contributed by atoms with Gasteiger partial charge in [0.25, 0.3) is 0 Å². The van der Waals surface area contributed by atoms with Crippen molar-refractivity contribution in [3.05, 3.63) is 23.7 Å². The lowest BCUT2D eigenvalue weighted by Crippen LogP contribution is -2.22. The zero-order chi connectivity index (χ0) is 16.9. The molecule has 0 bridgehead atoms. The Hall–Kier alpha value is -2.44. The summed E-state index contributed by atoms with van der Waals surface area (Å²) in [6.45, 7) is 5.33. The summed E-state index contributed by atoms with van der Waals surface area (Å²) in [5.41, 5.74) is -0.463. The van der Waals surface area contributed by atoms with Crippen LogP contribution in [0.1, 0.15) is 37.1 Å². The Bertz CT molecular complexity index is 589. The van der Waals surface area contributed by atoms with E-state index in [1.807, 2.05) is 0 Å². The van der Waals surface area contributed by atoms with Gasteiger partial charge in [-0.15, -0.1) is 0 Å². The van der Waals surface area contributed by atoms with E-state index in [4.69, 9.17) is 4.74 Å². The molecule has 0 N–H and O–H groups in total. The van der Waals surface area contributed by atoms with E-state index >= 15 is 0 Å². The highest BCUT2D eigenvalue weighted by molar-refractivity contribution is 5.89. The molecule has 7 heteroatoms. The zero-order valence-electron chi connectivity index (χ0n) is 13.7. The second-order valence-corrected chi connectivity index (χ2v) is 5.72. The Balaban J connectivity index is 3.05. The van der Waals surface area contributed by atoms with Crippen molar-refractivity contribution < 1.29 is 19.1 Å². The van der Waals surface area contributed by atoms with Gasteiger partial charge in [-0.3, -0.25) is 0 Å². The number of anilines is 1. The van der Waals surface area contributed by atoms with Crippen LogP contribution in [-0.4, -0.2) is 48.7 Å². The number of carbonyl (C=O) groups is 2. The van der Waals surface area contributed by atoms with Crippen molar-refractivity contribution in [1.29, 1.82) is 0 Å². The van der Waals surface area contributed by atoms with Crippen LogP contribution in [0.4, 0.5) is 5.82 Å². The first-order chi connectivity index (χ1) is 10.1. The SMILES string of the molecule is COC(=O)c1cc(N(C)C)nc(/C=C/C(=O)OC(C)(C)C)n1. The number of nitrogens with zero attached hydrogens (tertiary/aromatic N) is 3. The van der Waals surface area contributed by atoms with Crippen molar-refractivity contribution in [3.63, 3.8) is 0 Å². The highest BCUT2D eigenvalue weighted by Gasteiger charge is 2.15. The fraction of sp³-hybridized carbons (Fsp3) is 0.467. The Labute approximate surface area is 130 Å². The van der Waals surface area contributed by atoms with Gasteiger partial charge in [0.15, 0.2) is 11.5 Å². The predicted molar refractivity (Wildman–Crippen MR) is 82.6 cm³/mol. The number of esters is 2. The van der Waals surface area contributed by atoms with Crippen molar-refractivity contribution in [3.8, 4) is 0 Å². The van der Waals surface area contributed by atoms with E-state index in [1.165, 1.54) is 25.3 Å². The molecule has 1 aromatic rings. The number of methoxy groups -OCH3 is 1. The van der Waals surface area contributed by atoms with Crippen molar-refractivity contribution >= 4 is 23.8 Å². The number of aromatic nitrogens is 2. The molecule has 0 aliphatic carbocycles. The summed E-state index contributed by atoms with van der Waals surface area (Å²) in [6.07, 6.45) is 2.62. The molecule has 22 heavy (non-hydrogen) atoms. The molecule has 0 spiro atoms. The van der Waals surface area contributed by atoms with Crippen LogP contribution >= 0.6 is 0 Å². The molecular formula is C15H21N3O4. The lowest BCUT2D eigenvalue weighted by atomic mass is 10.2. The Morgan fingerprint density at radius 2 is 1.86 bits per heavy atom. The Morgan fingerprint density at radius 3 is 2.36 bits per heavy atom. The second kappa shape index (κ2) is 7.02. The van der Waals surface area contributed by atoms with Crippen LogP contribution < -0.4 is 4.90 Å². The van der Waals surface area contributed by atoms with Gasteiger partial charge >= 0.3 is 11.9 Å². The van der Waals surface area contributed by atoms with Gasteiger partial charge in [-0.2, -0.15) is 0 Å². The third kappa shape index (κ3) is 5.51. The molecule has 120 valence electrons. The fourth-order valence-electron chi connectivity index (χ4n) is 1.44. The number of rotatable bonds is 4. The lowest BCUT2D eigenvalue weighted by Gasteiger charge is -2.17. The largest absolute Gasteiger partial charge is 0.464 e. The summed E-state index contributed by atoms with van der Waals surface area (Å²) < 4.78 is 9.81. The average Bonchev–Trinajstić information content (AvgIpc) is 2.42. The van der Waals surface area contributed by atoms with Gasteiger partial charge < -0.3 is 14.4 Å². The fourth-order valence-corrected chi connectivity index (χ4v) is 1.44. The van der Waals surface area contributed by atoms with Gasteiger partial charge in [-0.25, -0.2) is 19.6 Å². The summed E-state index contributed by atoms with van der Waals surface area (Å²) in [5, 5.41) is 0. The molecule has 0 saturated heterocycles. The van der Waals surface area contributed by atoms with Gasteiger partial charge in [0.1, 0.15) is 11.4 Å². The van der Waals surface area contributed by atoms with Crippen LogP contribution in [0.15, 0.2) is 12.1 Å². The summed E-state index contributed by atoms with van der Waals surface area (Å²) in [4.78, 5) is 33.3. The second-order valence-electron chi connectivity index (χ2n) is 5.72. The van der Waals surface area contributed by atoms with E-state index in [1.54, 1.807) is 39.8 Å². The van der Waals surface area contributed by atoms with E-state index in [9.17, 15) is 9.59 Å². The molecule has 1 rings (SSSR count). The minimum Gasteiger partial charge on any atom is -0.464 e. The first-order valence-corrected chi connectivity index (χ1v) is 6.68. The standard InChI is InChI=1S/C15H21N3O4/c1-15(2,3)22-13(19)8-7-11-16-10(14(20)21-6)9-12(17-11)18(4)5/h7-9H,1-6H3/b8-7+.